The molecule has 0 fully saturated rings. The fourth-order valence-corrected chi connectivity index (χ4v) is 2.17. The van der Waals surface area contributed by atoms with Crippen molar-refractivity contribution < 1.29 is 4.79 Å². The number of aryl methyl sites for hydroxylation is 2. The van der Waals surface area contributed by atoms with E-state index in [2.05, 4.69) is 10.4 Å². The van der Waals surface area contributed by atoms with Crippen molar-refractivity contribution in [2.75, 3.05) is 13.6 Å². The molecule has 0 bridgehead atoms. The minimum Gasteiger partial charge on any atom is -0.342 e. The smallest absolute Gasteiger partial charge is 0.222 e. The van der Waals surface area contributed by atoms with Crippen molar-refractivity contribution in [1.82, 2.24) is 9.88 Å². The van der Waals surface area contributed by atoms with Crippen LogP contribution in [0.5, 0.6) is 0 Å². The first kappa shape index (κ1) is 20.9. The van der Waals surface area contributed by atoms with Crippen molar-refractivity contribution in [3.05, 3.63) is 16.1 Å². The third-order valence-corrected chi connectivity index (χ3v) is 3.71. The molecule has 112 valence electrons. The highest BCUT2D eigenvalue weighted by atomic mass is 35.5. The third kappa shape index (κ3) is 7.11. The Kier molecular flexibility index (Phi) is 11.5. The Morgan fingerprint density at radius 2 is 2.16 bits per heavy atom. The van der Waals surface area contributed by atoms with Gasteiger partial charge in [-0.2, -0.15) is 0 Å². The molecule has 0 saturated carbocycles. The predicted molar refractivity (Wildman–Crippen MR) is 85.6 cm³/mol. The second-order valence-corrected chi connectivity index (χ2v) is 5.36. The van der Waals surface area contributed by atoms with Gasteiger partial charge in [-0.1, -0.05) is 0 Å². The summed E-state index contributed by atoms with van der Waals surface area (Å²) in [6, 6.07) is 0.115. The number of nitrogens with zero attached hydrogens (tertiary/aromatic N) is 2. The van der Waals surface area contributed by atoms with Gasteiger partial charge in [-0.3, -0.25) is 4.79 Å². The van der Waals surface area contributed by atoms with Gasteiger partial charge in [-0.15, -0.1) is 36.2 Å². The number of hydrogen-bond acceptors (Lipinski definition) is 4. The van der Waals surface area contributed by atoms with E-state index in [4.69, 9.17) is 5.73 Å². The van der Waals surface area contributed by atoms with Gasteiger partial charge in [0.1, 0.15) is 0 Å². The maximum Gasteiger partial charge on any atom is 0.222 e. The zero-order chi connectivity index (χ0) is 12.8. The molecule has 1 amide bonds. The summed E-state index contributed by atoms with van der Waals surface area (Å²) in [7, 11) is 1.81. The summed E-state index contributed by atoms with van der Waals surface area (Å²) in [6.45, 7) is 4.46. The number of amides is 1. The van der Waals surface area contributed by atoms with E-state index in [9.17, 15) is 4.79 Å². The lowest BCUT2D eigenvalue weighted by atomic mass is 10.2. The SMILES string of the molecule is Cc1nc(CCCC(=O)N(C)C(C)CN)cs1.Cl.Cl. The molecule has 1 aromatic heterocycles. The maximum atomic E-state index is 11.8. The average molecular weight is 328 g/mol. The van der Waals surface area contributed by atoms with Gasteiger partial charge in [0.25, 0.3) is 0 Å². The fourth-order valence-electron chi connectivity index (χ4n) is 1.52. The van der Waals surface area contributed by atoms with Crippen molar-refractivity contribution in [2.24, 2.45) is 5.73 Å². The maximum absolute atomic E-state index is 11.8. The molecule has 19 heavy (non-hydrogen) atoms. The molecule has 1 rings (SSSR count). The van der Waals surface area contributed by atoms with E-state index in [1.807, 2.05) is 20.9 Å². The van der Waals surface area contributed by atoms with Crippen LogP contribution in [0.3, 0.4) is 0 Å². The lowest BCUT2D eigenvalue weighted by Crippen LogP contribution is -2.39. The van der Waals surface area contributed by atoms with Crippen LogP contribution < -0.4 is 5.73 Å². The van der Waals surface area contributed by atoms with E-state index < -0.39 is 0 Å². The Hall–Kier alpha value is -0.360. The number of rotatable bonds is 6. The quantitative estimate of drug-likeness (QED) is 0.872. The summed E-state index contributed by atoms with van der Waals surface area (Å²) in [6.07, 6.45) is 2.29. The van der Waals surface area contributed by atoms with Gasteiger partial charge < -0.3 is 10.6 Å². The number of thiazole rings is 1. The van der Waals surface area contributed by atoms with E-state index in [0.717, 1.165) is 23.5 Å². The summed E-state index contributed by atoms with van der Waals surface area (Å²) in [5, 5.41) is 3.15. The number of carbonyl (C=O) groups is 1. The molecule has 1 aromatic rings. The van der Waals surface area contributed by atoms with Crippen molar-refractivity contribution in [1.29, 1.82) is 0 Å². The molecule has 2 N–H and O–H groups in total. The molecule has 1 atom stereocenters. The fraction of sp³-hybridized carbons (Fsp3) is 0.667. The molecular formula is C12H23Cl2N3OS. The first-order valence-corrected chi connectivity index (χ1v) is 6.79. The van der Waals surface area contributed by atoms with Gasteiger partial charge in [-0.05, 0) is 26.7 Å². The van der Waals surface area contributed by atoms with Crippen LogP contribution in [0.4, 0.5) is 0 Å². The third-order valence-electron chi connectivity index (χ3n) is 2.89. The number of carbonyl (C=O) groups excluding carboxylic acids is 1. The molecule has 0 radical (unpaired) electrons. The van der Waals surface area contributed by atoms with Crippen LogP contribution in [0.1, 0.15) is 30.5 Å². The summed E-state index contributed by atoms with van der Waals surface area (Å²) < 4.78 is 0. The van der Waals surface area contributed by atoms with Crippen LogP contribution in [-0.4, -0.2) is 35.4 Å². The first-order valence-electron chi connectivity index (χ1n) is 5.91. The van der Waals surface area contributed by atoms with Gasteiger partial charge in [0.2, 0.25) is 5.91 Å². The predicted octanol–water partition coefficient (Wildman–Crippen LogP) is 2.42. The van der Waals surface area contributed by atoms with Crippen LogP contribution in [0.25, 0.3) is 0 Å². The van der Waals surface area contributed by atoms with Crippen molar-refractivity contribution in [3.8, 4) is 0 Å². The average Bonchev–Trinajstić information content (AvgIpc) is 2.72. The molecule has 0 aliphatic heterocycles. The van der Waals surface area contributed by atoms with Gasteiger partial charge in [0.05, 0.1) is 10.7 Å². The van der Waals surface area contributed by atoms with Gasteiger partial charge >= 0.3 is 0 Å². The molecule has 0 aromatic carbocycles. The van der Waals surface area contributed by atoms with Crippen molar-refractivity contribution >= 4 is 42.1 Å². The molecule has 0 saturated heterocycles. The van der Waals surface area contributed by atoms with Crippen LogP contribution in [0.2, 0.25) is 0 Å². The van der Waals surface area contributed by atoms with E-state index in [0.29, 0.717) is 13.0 Å². The van der Waals surface area contributed by atoms with E-state index in [1.165, 1.54) is 0 Å². The van der Waals surface area contributed by atoms with Crippen LogP contribution >= 0.6 is 36.2 Å². The first-order chi connectivity index (χ1) is 8.04. The second-order valence-electron chi connectivity index (χ2n) is 4.30. The summed E-state index contributed by atoms with van der Waals surface area (Å²) in [5.41, 5.74) is 6.62. The highest BCUT2D eigenvalue weighted by Gasteiger charge is 2.13. The second kappa shape index (κ2) is 10.4. The van der Waals surface area contributed by atoms with Crippen LogP contribution in [0.15, 0.2) is 5.38 Å². The number of halogens is 2. The molecule has 1 heterocycles. The summed E-state index contributed by atoms with van der Waals surface area (Å²) >= 11 is 1.66. The molecule has 7 heteroatoms. The zero-order valence-electron chi connectivity index (χ0n) is 11.6. The molecule has 0 aliphatic rings. The highest BCUT2D eigenvalue weighted by molar-refractivity contribution is 7.09. The number of hydrogen-bond donors (Lipinski definition) is 1. The largest absolute Gasteiger partial charge is 0.342 e. The lowest BCUT2D eigenvalue weighted by molar-refractivity contribution is -0.131. The molecular weight excluding hydrogens is 305 g/mol. The number of likely N-dealkylation sites (N-methyl/N-ethyl adjacent to an activating group) is 1. The van der Waals surface area contributed by atoms with Crippen LogP contribution in [-0.2, 0) is 11.2 Å². The number of nitrogens with two attached hydrogens (primary N) is 1. The van der Waals surface area contributed by atoms with Gasteiger partial charge in [-0.25, -0.2) is 4.98 Å². The Morgan fingerprint density at radius 1 is 1.53 bits per heavy atom. The van der Waals surface area contributed by atoms with E-state index in [-0.39, 0.29) is 36.8 Å². The van der Waals surface area contributed by atoms with Crippen molar-refractivity contribution in [3.63, 3.8) is 0 Å². The van der Waals surface area contributed by atoms with E-state index >= 15 is 0 Å². The molecule has 0 aliphatic carbocycles. The monoisotopic (exact) mass is 327 g/mol. The Labute approximate surface area is 131 Å². The minimum absolute atomic E-state index is 0. The normalized spacial score (nSPS) is 11.2. The Morgan fingerprint density at radius 3 is 2.63 bits per heavy atom. The lowest BCUT2D eigenvalue weighted by Gasteiger charge is -2.23. The summed E-state index contributed by atoms with van der Waals surface area (Å²) in [5.74, 6) is 0.162. The standard InChI is InChI=1S/C12H21N3OS.2ClH/c1-9(7-13)15(3)12(16)6-4-5-11-8-17-10(2)14-11;;/h8-9H,4-7,13H2,1-3H3;2*1H. The minimum atomic E-state index is 0. The molecule has 1 unspecified atom stereocenters. The Balaban J connectivity index is 0. The van der Waals surface area contributed by atoms with Crippen molar-refractivity contribution in [2.45, 2.75) is 39.2 Å². The Bertz CT molecular complexity index is 374. The highest BCUT2D eigenvalue weighted by Crippen LogP contribution is 2.11. The zero-order valence-corrected chi connectivity index (χ0v) is 14.0. The molecule has 4 nitrogen and oxygen atoms in total. The van der Waals surface area contributed by atoms with Crippen LogP contribution in [0, 0.1) is 6.92 Å². The summed E-state index contributed by atoms with van der Waals surface area (Å²) in [4.78, 5) is 17.9. The van der Waals surface area contributed by atoms with E-state index in [1.54, 1.807) is 16.2 Å². The molecule has 0 spiro atoms. The van der Waals surface area contributed by atoms with Gasteiger partial charge in [0, 0.05) is 31.4 Å². The topological polar surface area (TPSA) is 59.2 Å². The van der Waals surface area contributed by atoms with Gasteiger partial charge in [0.15, 0.2) is 0 Å². The number of aromatic nitrogens is 1.